The Morgan fingerprint density at radius 2 is 1.57 bits per heavy atom. The van der Waals surface area contributed by atoms with Crippen molar-refractivity contribution in [1.82, 2.24) is 19.2 Å². The monoisotopic (exact) mass is 416 g/mol. The zero-order chi connectivity index (χ0) is 21.5. The fourth-order valence-electron chi connectivity index (χ4n) is 3.72. The van der Waals surface area contributed by atoms with E-state index < -0.39 is 11.7 Å². The molecule has 2 aromatic heterocycles. The van der Waals surface area contributed by atoms with Crippen molar-refractivity contribution in [2.24, 2.45) is 0 Å². The third kappa shape index (κ3) is 4.05. The second-order valence-corrected chi connectivity index (χ2v) is 7.81. The molecule has 0 unspecified atom stereocenters. The smallest absolute Gasteiger partial charge is 0.335 e. The first-order valence-corrected chi connectivity index (χ1v) is 9.92. The number of pyridine rings is 1. The summed E-state index contributed by atoms with van der Waals surface area (Å²) in [5, 5.41) is 0. The fourth-order valence-corrected chi connectivity index (χ4v) is 3.72. The SMILES string of the molecule is CC(C)N1CCN(C(=O)c2cn3cc(-c4ccc(C(F)(F)F)cc4)ccc3n2)CC1. The number of fused-ring (bicyclic) bond motifs is 1. The maximum Gasteiger partial charge on any atom is 0.416 e. The van der Waals surface area contributed by atoms with Crippen LogP contribution in [0.2, 0.25) is 0 Å². The van der Waals surface area contributed by atoms with Crippen LogP contribution in [0.4, 0.5) is 13.2 Å². The molecule has 4 rings (SSSR count). The normalized spacial score (nSPS) is 15.9. The van der Waals surface area contributed by atoms with Gasteiger partial charge in [-0.05, 0) is 49.2 Å². The lowest BCUT2D eigenvalue weighted by atomic mass is 10.1. The van der Waals surface area contributed by atoms with E-state index in [1.54, 1.807) is 28.9 Å². The van der Waals surface area contributed by atoms with Gasteiger partial charge in [-0.1, -0.05) is 12.1 Å². The minimum absolute atomic E-state index is 0.0989. The Balaban J connectivity index is 1.53. The highest BCUT2D eigenvalue weighted by Gasteiger charge is 2.30. The standard InChI is InChI=1S/C22H23F3N4O/c1-15(2)27-9-11-28(12-10-27)21(30)19-14-29-13-17(5-8-20(29)26-19)16-3-6-18(7-4-16)22(23,24)25/h3-8,13-15H,9-12H2,1-2H3. The summed E-state index contributed by atoms with van der Waals surface area (Å²) in [6, 6.07) is 9.04. The Kier molecular flexibility index (Phi) is 5.27. The summed E-state index contributed by atoms with van der Waals surface area (Å²) in [7, 11) is 0. The average Bonchev–Trinajstić information content (AvgIpc) is 3.16. The van der Waals surface area contributed by atoms with E-state index in [1.165, 1.54) is 12.1 Å². The molecule has 0 radical (unpaired) electrons. The quantitative estimate of drug-likeness (QED) is 0.643. The summed E-state index contributed by atoms with van der Waals surface area (Å²) < 4.78 is 40.1. The van der Waals surface area contributed by atoms with Crippen molar-refractivity contribution in [3.63, 3.8) is 0 Å². The van der Waals surface area contributed by atoms with Crippen LogP contribution in [0.1, 0.15) is 29.9 Å². The van der Waals surface area contributed by atoms with Crippen molar-refractivity contribution in [2.75, 3.05) is 26.2 Å². The zero-order valence-corrected chi connectivity index (χ0v) is 16.9. The number of hydrogen-bond donors (Lipinski definition) is 0. The maximum atomic E-state index is 12.9. The van der Waals surface area contributed by atoms with E-state index in [0.717, 1.165) is 30.8 Å². The summed E-state index contributed by atoms with van der Waals surface area (Å²) in [5.41, 5.74) is 1.72. The molecule has 1 saturated heterocycles. The third-order valence-corrected chi connectivity index (χ3v) is 5.55. The second-order valence-electron chi connectivity index (χ2n) is 7.81. The minimum atomic E-state index is -4.36. The average molecular weight is 416 g/mol. The number of alkyl halides is 3. The first kappa shape index (κ1) is 20.4. The van der Waals surface area contributed by atoms with E-state index in [2.05, 4.69) is 23.7 Å². The first-order valence-electron chi connectivity index (χ1n) is 9.92. The molecule has 5 nitrogen and oxygen atoms in total. The molecular weight excluding hydrogens is 393 g/mol. The maximum absolute atomic E-state index is 12.9. The molecule has 3 aromatic rings. The molecule has 8 heteroatoms. The van der Waals surface area contributed by atoms with Gasteiger partial charge in [-0.3, -0.25) is 9.69 Å². The molecule has 0 saturated carbocycles. The molecule has 0 bridgehead atoms. The predicted octanol–water partition coefficient (Wildman–Crippen LogP) is 4.19. The molecule has 1 aromatic carbocycles. The lowest BCUT2D eigenvalue weighted by molar-refractivity contribution is -0.137. The summed E-state index contributed by atoms with van der Waals surface area (Å²) in [6.07, 6.45) is -0.902. The van der Waals surface area contributed by atoms with Crippen molar-refractivity contribution in [3.8, 4) is 11.1 Å². The number of amides is 1. The lowest BCUT2D eigenvalue weighted by Crippen LogP contribution is -2.50. The van der Waals surface area contributed by atoms with Gasteiger partial charge >= 0.3 is 6.18 Å². The summed E-state index contributed by atoms with van der Waals surface area (Å²) in [6.45, 7) is 7.31. The number of carbonyl (C=O) groups excluding carboxylic acids is 1. The van der Waals surface area contributed by atoms with Gasteiger partial charge in [0.05, 0.1) is 5.56 Å². The number of nitrogens with zero attached hydrogens (tertiary/aromatic N) is 4. The van der Waals surface area contributed by atoms with E-state index in [9.17, 15) is 18.0 Å². The molecule has 0 spiro atoms. The Labute approximate surface area is 172 Å². The molecule has 0 aliphatic carbocycles. The van der Waals surface area contributed by atoms with Gasteiger partial charge in [-0.25, -0.2) is 4.98 Å². The Morgan fingerprint density at radius 3 is 2.17 bits per heavy atom. The van der Waals surface area contributed by atoms with Crippen LogP contribution >= 0.6 is 0 Å². The molecule has 30 heavy (non-hydrogen) atoms. The van der Waals surface area contributed by atoms with E-state index in [-0.39, 0.29) is 5.91 Å². The van der Waals surface area contributed by atoms with Crippen LogP contribution in [-0.4, -0.2) is 57.3 Å². The Hall–Kier alpha value is -2.87. The zero-order valence-electron chi connectivity index (χ0n) is 16.9. The van der Waals surface area contributed by atoms with Crippen LogP contribution in [0.25, 0.3) is 16.8 Å². The van der Waals surface area contributed by atoms with Crippen molar-refractivity contribution < 1.29 is 18.0 Å². The molecule has 0 N–H and O–H groups in total. The number of piperazine rings is 1. The van der Waals surface area contributed by atoms with Gasteiger partial charge in [-0.2, -0.15) is 13.2 Å². The fraction of sp³-hybridized carbons (Fsp3) is 0.364. The summed E-state index contributed by atoms with van der Waals surface area (Å²) in [4.78, 5) is 21.4. The molecule has 1 fully saturated rings. The minimum Gasteiger partial charge on any atom is -0.335 e. The van der Waals surface area contributed by atoms with Crippen molar-refractivity contribution in [1.29, 1.82) is 0 Å². The highest BCUT2D eigenvalue weighted by Crippen LogP contribution is 2.31. The first-order chi connectivity index (χ1) is 14.2. The van der Waals surface area contributed by atoms with E-state index >= 15 is 0 Å². The largest absolute Gasteiger partial charge is 0.416 e. The van der Waals surface area contributed by atoms with Crippen LogP contribution in [0.15, 0.2) is 48.8 Å². The second kappa shape index (κ2) is 7.75. The molecule has 1 amide bonds. The van der Waals surface area contributed by atoms with Crippen LogP contribution in [0, 0.1) is 0 Å². The molecule has 1 aliphatic heterocycles. The van der Waals surface area contributed by atoms with Gasteiger partial charge < -0.3 is 9.30 Å². The third-order valence-electron chi connectivity index (χ3n) is 5.55. The van der Waals surface area contributed by atoms with E-state index in [0.29, 0.717) is 36.0 Å². The number of benzene rings is 1. The highest BCUT2D eigenvalue weighted by atomic mass is 19.4. The number of aromatic nitrogens is 2. The van der Waals surface area contributed by atoms with E-state index in [4.69, 9.17) is 0 Å². The highest BCUT2D eigenvalue weighted by molar-refractivity contribution is 5.93. The van der Waals surface area contributed by atoms with Gasteiger partial charge in [0.2, 0.25) is 0 Å². The number of imidazole rings is 1. The van der Waals surface area contributed by atoms with Crippen LogP contribution in [0.3, 0.4) is 0 Å². The molecular formula is C22H23F3N4O. The van der Waals surface area contributed by atoms with Crippen molar-refractivity contribution >= 4 is 11.6 Å². The summed E-state index contributed by atoms with van der Waals surface area (Å²) in [5.74, 6) is -0.0989. The van der Waals surface area contributed by atoms with Gasteiger partial charge in [0.15, 0.2) is 0 Å². The predicted molar refractivity (Wildman–Crippen MR) is 108 cm³/mol. The number of hydrogen-bond acceptors (Lipinski definition) is 3. The Bertz CT molecular complexity index is 1050. The lowest BCUT2D eigenvalue weighted by Gasteiger charge is -2.36. The van der Waals surface area contributed by atoms with Gasteiger partial charge in [0, 0.05) is 44.6 Å². The Morgan fingerprint density at radius 1 is 0.933 bits per heavy atom. The van der Waals surface area contributed by atoms with Gasteiger partial charge in [-0.15, -0.1) is 0 Å². The van der Waals surface area contributed by atoms with Crippen molar-refractivity contribution in [2.45, 2.75) is 26.1 Å². The van der Waals surface area contributed by atoms with Gasteiger partial charge in [0.25, 0.3) is 5.91 Å². The van der Waals surface area contributed by atoms with Crippen LogP contribution in [0.5, 0.6) is 0 Å². The van der Waals surface area contributed by atoms with Crippen LogP contribution < -0.4 is 0 Å². The van der Waals surface area contributed by atoms with Crippen LogP contribution in [-0.2, 0) is 6.18 Å². The molecule has 1 aliphatic rings. The number of rotatable bonds is 3. The number of carbonyl (C=O) groups is 1. The topological polar surface area (TPSA) is 40.9 Å². The molecule has 3 heterocycles. The van der Waals surface area contributed by atoms with Crippen molar-refractivity contribution in [3.05, 3.63) is 60.0 Å². The van der Waals surface area contributed by atoms with Gasteiger partial charge in [0.1, 0.15) is 11.3 Å². The van der Waals surface area contributed by atoms with E-state index in [1.807, 2.05) is 4.90 Å². The molecule has 158 valence electrons. The number of halogens is 3. The summed E-state index contributed by atoms with van der Waals surface area (Å²) >= 11 is 0. The molecule has 0 atom stereocenters.